The van der Waals surface area contributed by atoms with Crippen molar-refractivity contribution in [2.45, 2.75) is 6.18 Å². The highest BCUT2D eigenvalue weighted by Gasteiger charge is 2.33. The maximum Gasteiger partial charge on any atom is 0.418 e. The Morgan fingerprint density at radius 1 is 1.44 bits per heavy atom. The zero-order chi connectivity index (χ0) is 13.8. The highest BCUT2D eigenvalue weighted by atomic mass is 35.5. The third-order valence-corrected chi connectivity index (χ3v) is 2.18. The molecule has 0 aliphatic rings. The number of esters is 1. The molecule has 18 heavy (non-hydrogen) atoms. The molecule has 1 rings (SSSR count). The first kappa shape index (κ1) is 14.4. The zero-order valence-corrected chi connectivity index (χ0v) is 9.97. The molecule has 0 spiro atoms. The topological polar surface area (TPSA) is 38.3 Å². The summed E-state index contributed by atoms with van der Waals surface area (Å²) >= 11 is 5.51. The Morgan fingerprint density at radius 2 is 2.11 bits per heavy atom. The summed E-state index contributed by atoms with van der Waals surface area (Å²) in [5.41, 5.74) is -1.11. The summed E-state index contributed by atoms with van der Waals surface area (Å²) in [5.74, 6) is -0.676. The van der Waals surface area contributed by atoms with Gasteiger partial charge < -0.3 is 10.1 Å². The van der Waals surface area contributed by atoms with Gasteiger partial charge in [-0.2, -0.15) is 13.2 Å². The van der Waals surface area contributed by atoms with Crippen molar-refractivity contribution in [2.24, 2.45) is 0 Å². The standard InChI is InChI=1S/C11H9ClF3NO2/c1-18-10(17)4-5-16-9-3-2-7(12)6-8(9)11(13,14)15/h2-6,16H,1H3/b5-4+. The van der Waals surface area contributed by atoms with Gasteiger partial charge in [0.1, 0.15) is 0 Å². The Bertz CT molecular complexity index is 472. The summed E-state index contributed by atoms with van der Waals surface area (Å²) in [6, 6.07) is 3.29. The summed E-state index contributed by atoms with van der Waals surface area (Å²) in [5, 5.41) is 2.33. The highest BCUT2D eigenvalue weighted by Crippen LogP contribution is 2.36. The molecule has 0 atom stereocenters. The molecule has 0 saturated heterocycles. The van der Waals surface area contributed by atoms with Gasteiger partial charge in [-0.15, -0.1) is 0 Å². The smallest absolute Gasteiger partial charge is 0.418 e. The second-order valence-corrected chi connectivity index (χ2v) is 3.62. The van der Waals surface area contributed by atoms with E-state index in [-0.39, 0.29) is 10.7 Å². The van der Waals surface area contributed by atoms with Crippen LogP contribution >= 0.6 is 11.6 Å². The first-order valence-electron chi connectivity index (χ1n) is 4.72. The number of rotatable bonds is 3. The van der Waals surface area contributed by atoms with Gasteiger partial charge in [-0.1, -0.05) is 11.6 Å². The van der Waals surface area contributed by atoms with Crippen LogP contribution in [0.1, 0.15) is 5.56 Å². The Labute approximate surface area is 106 Å². The van der Waals surface area contributed by atoms with Crippen LogP contribution in [0.25, 0.3) is 0 Å². The molecule has 98 valence electrons. The second kappa shape index (κ2) is 5.77. The number of carbonyl (C=O) groups is 1. The van der Waals surface area contributed by atoms with E-state index in [9.17, 15) is 18.0 Å². The molecule has 0 amide bonds. The van der Waals surface area contributed by atoms with Crippen LogP contribution in [0.4, 0.5) is 18.9 Å². The minimum atomic E-state index is -4.54. The number of hydrogen-bond acceptors (Lipinski definition) is 3. The van der Waals surface area contributed by atoms with Crippen molar-refractivity contribution >= 4 is 23.3 Å². The van der Waals surface area contributed by atoms with Crippen LogP contribution in [0.15, 0.2) is 30.5 Å². The fraction of sp³-hybridized carbons (Fsp3) is 0.182. The van der Waals surface area contributed by atoms with Crippen molar-refractivity contribution < 1.29 is 22.7 Å². The number of alkyl halides is 3. The molecule has 7 heteroatoms. The number of halogens is 4. The zero-order valence-electron chi connectivity index (χ0n) is 9.22. The summed E-state index contributed by atoms with van der Waals surface area (Å²) in [6.07, 6.45) is -2.51. The molecule has 3 nitrogen and oxygen atoms in total. The SMILES string of the molecule is COC(=O)/C=C/Nc1ccc(Cl)cc1C(F)(F)F. The van der Waals surface area contributed by atoms with E-state index in [0.717, 1.165) is 25.5 Å². The first-order valence-corrected chi connectivity index (χ1v) is 5.10. The normalized spacial score (nSPS) is 11.6. The Balaban J connectivity index is 2.96. The summed E-state index contributed by atoms with van der Waals surface area (Å²) < 4.78 is 42.3. The van der Waals surface area contributed by atoms with Crippen LogP contribution in [0.2, 0.25) is 5.02 Å². The van der Waals surface area contributed by atoms with Crippen LogP contribution in [-0.2, 0) is 15.7 Å². The number of benzene rings is 1. The maximum absolute atomic E-state index is 12.7. The van der Waals surface area contributed by atoms with Crippen LogP contribution in [0, 0.1) is 0 Å². The number of hydrogen-bond donors (Lipinski definition) is 1. The first-order chi connectivity index (χ1) is 8.34. The van der Waals surface area contributed by atoms with E-state index in [1.807, 2.05) is 0 Å². The average Bonchev–Trinajstić information content (AvgIpc) is 2.29. The van der Waals surface area contributed by atoms with Gasteiger partial charge in [-0.05, 0) is 18.2 Å². The van der Waals surface area contributed by atoms with E-state index in [1.165, 1.54) is 12.1 Å². The molecule has 0 aromatic heterocycles. The molecule has 0 aliphatic heterocycles. The predicted molar refractivity (Wildman–Crippen MR) is 61.2 cm³/mol. The van der Waals surface area contributed by atoms with E-state index in [2.05, 4.69) is 10.1 Å². The van der Waals surface area contributed by atoms with Gasteiger partial charge in [-0.25, -0.2) is 4.79 Å². The van der Waals surface area contributed by atoms with Gasteiger partial charge >= 0.3 is 12.1 Å². The van der Waals surface area contributed by atoms with Crippen LogP contribution in [-0.4, -0.2) is 13.1 Å². The lowest BCUT2D eigenvalue weighted by atomic mass is 10.1. The molecule has 0 bridgehead atoms. The Kier molecular flexibility index (Phi) is 4.61. The average molecular weight is 280 g/mol. The molecule has 0 radical (unpaired) electrons. The molecule has 1 aromatic rings. The number of anilines is 1. The van der Waals surface area contributed by atoms with E-state index in [4.69, 9.17) is 11.6 Å². The molecule has 0 unspecified atom stereocenters. The summed E-state index contributed by atoms with van der Waals surface area (Å²) in [6.45, 7) is 0. The number of methoxy groups -OCH3 is 1. The van der Waals surface area contributed by atoms with Crippen LogP contribution < -0.4 is 5.32 Å². The Morgan fingerprint density at radius 3 is 2.67 bits per heavy atom. The van der Waals surface area contributed by atoms with Gasteiger partial charge in [0, 0.05) is 17.3 Å². The molecule has 0 fully saturated rings. The molecule has 0 saturated carbocycles. The van der Waals surface area contributed by atoms with E-state index >= 15 is 0 Å². The van der Waals surface area contributed by atoms with Crippen molar-refractivity contribution in [1.29, 1.82) is 0 Å². The third-order valence-electron chi connectivity index (χ3n) is 1.95. The largest absolute Gasteiger partial charge is 0.466 e. The molecule has 1 N–H and O–H groups in total. The summed E-state index contributed by atoms with van der Waals surface area (Å²) in [7, 11) is 1.16. The van der Waals surface area contributed by atoms with Crippen molar-refractivity contribution in [3.05, 3.63) is 41.1 Å². The minimum Gasteiger partial charge on any atom is -0.466 e. The lowest BCUT2D eigenvalue weighted by Gasteiger charge is -2.12. The predicted octanol–water partition coefficient (Wildman–Crippen LogP) is 3.46. The van der Waals surface area contributed by atoms with Crippen molar-refractivity contribution in [3.63, 3.8) is 0 Å². The maximum atomic E-state index is 12.7. The van der Waals surface area contributed by atoms with Gasteiger partial charge in [0.05, 0.1) is 18.4 Å². The summed E-state index contributed by atoms with van der Waals surface area (Å²) in [4.78, 5) is 10.7. The molecule has 0 aliphatic carbocycles. The fourth-order valence-electron chi connectivity index (χ4n) is 1.14. The molecular weight excluding hydrogens is 271 g/mol. The number of nitrogens with one attached hydrogen (secondary N) is 1. The monoisotopic (exact) mass is 279 g/mol. The lowest BCUT2D eigenvalue weighted by molar-refractivity contribution is -0.137. The van der Waals surface area contributed by atoms with E-state index in [1.54, 1.807) is 0 Å². The van der Waals surface area contributed by atoms with Crippen molar-refractivity contribution in [3.8, 4) is 0 Å². The highest BCUT2D eigenvalue weighted by molar-refractivity contribution is 6.30. The number of ether oxygens (including phenoxy) is 1. The second-order valence-electron chi connectivity index (χ2n) is 3.19. The molecule has 1 aromatic carbocycles. The van der Waals surface area contributed by atoms with Crippen LogP contribution in [0.3, 0.4) is 0 Å². The molecular formula is C11H9ClF3NO2. The fourth-order valence-corrected chi connectivity index (χ4v) is 1.32. The minimum absolute atomic E-state index is 0.0233. The van der Waals surface area contributed by atoms with Crippen molar-refractivity contribution in [1.82, 2.24) is 0 Å². The van der Waals surface area contributed by atoms with Gasteiger partial charge in [0.15, 0.2) is 0 Å². The van der Waals surface area contributed by atoms with Gasteiger partial charge in [-0.3, -0.25) is 0 Å². The number of carbonyl (C=O) groups excluding carboxylic acids is 1. The Hall–Kier alpha value is -1.69. The molecule has 0 heterocycles. The van der Waals surface area contributed by atoms with Gasteiger partial charge in [0.25, 0.3) is 0 Å². The van der Waals surface area contributed by atoms with Gasteiger partial charge in [0.2, 0.25) is 0 Å². The quantitative estimate of drug-likeness (QED) is 0.680. The van der Waals surface area contributed by atoms with E-state index in [0.29, 0.717) is 0 Å². The van der Waals surface area contributed by atoms with Crippen molar-refractivity contribution in [2.75, 3.05) is 12.4 Å². The third kappa shape index (κ3) is 3.96. The van der Waals surface area contributed by atoms with E-state index < -0.39 is 17.7 Å². The lowest BCUT2D eigenvalue weighted by Crippen LogP contribution is -2.08. The van der Waals surface area contributed by atoms with Crippen LogP contribution in [0.5, 0.6) is 0 Å².